The van der Waals surface area contributed by atoms with Crippen molar-refractivity contribution in [3.05, 3.63) is 29.1 Å². The van der Waals surface area contributed by atoms with Gasteiger partial charge in [-0.05, 0) is 25.5 Å². The molecule has 0 saturated heterocycles. The molecule has 14 heavy (non-hydrogen) atoms. The van der Waals surface area contributed by atoms with Gasteiger partial charge in [0.15, 0.2) is 0 Å². The van der Waals surface area contributed by atoms with Crippen LogP contribution in [0.3, 0.4) is 0 Å². The molecule has 1 aromatic heterocycles. The van der Waals surface area contributed by atoms with Crippen molar-refractivity contribution < 1.29 is 19.4 Å². The van der Waals surface area contributed by atoms with Crippen molar-refractivity contribution in [1.82, 2.24) is 4.98 Å². The first-order chi connectivity index (χ1) is 6.52. The number of aryl methyl sites for hydroxylation is 2. The zero-order valence-corrected chi connectivity index (χ0v) is 13.4. The minimum atomic E-state index is -0.918. The molecule has 0 atom stereocenters. The Labute approximate surface area is 112 Å². The van der Waals surface area contributed by atoms with Gasteiger partial charge in [0.1, 0.15) is 0 Å². The van der Waals surface area contributed by atoms with Crippen LogP contribution in [0.2, 0.25) is 0 Å². The summed E-state index contributed by atoms with van der Waals surface area (Å²) in [6.45, 7) is 3.50. The molecule has 1 aromatic rings. The molecule has 0 amide bonds. The van der Waals surface area contributed by atoms with E-state index in [1.165, 1.54) is 0 Å². The van der Waals surface area contributed by atoms with Crippen LogP contribution in [0.25, 0.3) is 0 Å². The standard InChI is InChI=1S/C8H9NO2.2HI.V/c1-5-3-7(8(10)11)6(2)9-4-5;;;/h3-4H,1-2H3,(H,10,11);2*1H;/q;;;+2/p-2. The molecular formula is C8H9I2NO2V. The molecule has 1 heterocycles. The Hall–Kier alpha value is 0.664. The van der Waals surface area contributed by atoms with Crippen LogP contribution in [0, 0.1) is 13.8 Å². The molecule has 0 aliphatic rings. The quantitative estimate of drug-likeness (QED) is 0.662. The van der Waals surface area contributed by atoms with E-state index in [9.17, 15) is 4.79 Å². The predicted octanol–water partition coefficient (Wildman–Crippen LogP) is 3.17. The van der Waals surface area contributed by atoms with E-state index in [0.717, 1.165) is 5.56 Å². The summed E-state index contributed by atoms with van der Waals surface area (Å²) in [5.41, 5.74) is 1.71. The number of nitrogens with zero attached hydrogens (tertiary/aromatic N) is 1. The van der Waals surface area contributed by atoms with E-state index in [4.69, 9.17) is 5.11 Å². The average molecular weight is 456 g/mol. The molecule has 0 saturated carbocycles. The predicted molar refractivity (Wildman–Crippen MR) is 68.7 cm³/mol. The van der Waals surface area contributed by atoms with E-state index < -0.39 is 5.97 Å². The van der Waals surface area contributed by atoms with E-state index >= 15 is 0 Å². The molecule has 0 aliphatic heterocycles. The fraction of sp³-hybridized carbons (Fsp3) is 0.250. The van der Waals surface area contributed by atoms with Crippen LogP contribution >= 0.6 is 40.0 Å². The summed E-state index contributed by atoms with van der Waals surface area (Å²) >= 11 is 4.74. The van der Waals surface area contributed by atoms with Gasteiger partial charge < -0.3 is 5.11 Å². The number of carboxylic acids is 1. The normalized spacial score (nSPS) is 8.57. The summed E-state index contributed by atoms with van der Waals surface area (Å²) in [4.78, 5) is 14.5. The monoisotopic (exact) mass is 456 g/mol. The maximum atomic E-state index is 10.5. The van der Waals surface area contributed by atoms with Crippen LogP contribution in [-0.2, 0) is 9.47 Å². The van der Waals surface area contributed by atoms with Crippen molar-refractivity contribution in [2.45, 2.75) is 13.8 Å². The molecular weight excluding hydrogens is 447 g/mol. The first kappa shape index (κ1) is 14.7. The molecule has 0 aliphatic carbocycles. The number of hydrogen-bond acceptors (Lipinski definition) is 2. The van der Waals surface area contributed by atoms with Crippen molar-refractivity contribution in [1.29, 1.82) is 0 Å². The molecule has 0 radical (unpaired) electrons. The van der Waals surface area contributed by atoms with Gasteiger partial charge in [-0.3, -0.25) is 4.98 Å². The Morgan fingerprint density at radius 1 is 1.50 bits per heavy atom. The first-order valence-electron chi connectivity index (χ1n) is 3.61. The topological polar surface area (TPSA) is 50.2 Å². The van der Waals surface area contributed by atoms with Crippen molar-refractivity contribution in [2.24, 2.45) is 0 Å². The summed E-state index contributed by atoms with van der Waals surface area (Å²) < 4.78 is 0. The molecule has 6 heteroatoms. The number of aromatic carboxylic acids is 1. The van der Waals surface area contributed by atoms with Crippen molar-refractivity contribution in [3.8, 4) is 0 Å². The van der Waals surface area contributed by atoms with Gasteiger partial charge in [0.25, 0.3) is 0 Å². The number of halogens is 2. The Morgan fingerprint density at radius 3 is 2.36 bits per heavy atom. The average Bonchev–Trinajstić information content (AvgIpc) is 2.10. The Kier molecular flexibility index (Phi) is 8.27. The van der Waals surface area contributed by atoms with E-state index in [1.54, 1.807) is 19.2 Å². The molecule has 0 unspecified atom stereocenters. The van der Waals surface area contributed by atoms with Crippen LogP contribution in [0.5, 0.6) is 0 Å². The first-order valence-corrected chi connectivity index (χ1v) is 12.6. The Balaban J connectivity index is 0.000000500. The fourth-order valence-corrected chi connectivity index (χ4v) is 0.854. The number of rotatable bonds is 1. The van der Waals surface area contributed by atoms with E-state index in [1.807, 2.05) is 6.92 Å². The van der Waals surface area contributed by atoms with E-state index in [2.05, 4.69) is 44.9 Å². The van der Waals surface area contributed by atoms with Gasteiger partial charge in [-0.25, -0.2) is 4.79 Å². The number of carbonyl (C=O) groups is 1. The van der Waals surface area contributed by atoms with Gasteiger partial charge in [-0.15, -0.1) is 0 Å². The SMILES string of the molecule is Cc1cnc(C)c(C(=O)O)c1.[I][V][I]. The summed E-state index contributed by atoms with van der Waals surface area (Å²) in [7, 11) is 0.628. The van der Waals surface area contributed by atoms with Crippen LogP contribution in [0.1, 0.15) is 21.6 Å². The van der Waals surface area contributed by atoms with Gasteiger partial charge in [0, 0.05) is 6.20 Å². The molecule has 77 valence electrons. The summed E-state index contributed by atoms with van der Waals surface area (Å²) in [5.74, 6) is -0.918. The second-order valence-corrected chi connectivity index (χ2v) is 14.3. The fourth-order valence-electron chi connectivity index (χ4n) is 0.854. The van der Waals surface area contributed by atoms with Crippen molar-refractivity contribution in [2.75, 3.05) is 0 Å². The third-order valence-electron chi connectivity index (χ3n) is 1.45. The number of aromatic nitrogens is 1. The van der Waals surface area contributed by atoms with E-state index in [-0.39, 0.29) is 5.56 Å². The molecule has 0 spiro atoms. The molecule has 0 bridgehead atoms. The summed E-state index contributed by atoms with van der Waals surface area (Å²) in [6.07, 6.45) is 1.65. The third-order valence-corrected chi connectivity index (χ3v) is 1.45. The van der Waals surface area contributed by atoms with Crippen molar-refractivity contribution >= 4 is 45.9 Å². The molecule has 1 rings (SSSR count). The second kappa shape index (κ2) is 7.89. The molecule has 0 aromatic carbocycles. The molecule has 1 N–H and O–H groups in total. The van der Waals surface area contributed by atoms with Crippen LogP contribution in [-0.4, -0.2) is 16.1 Å². The zero-order valence-electron chi connectivity index (χ0n) is 7.66. The van der Waals surface area contributed by atoms with Crippen molar-refractivity contribution in [3.63, 3.8) is 0 Å². The Bertz CT molecular complexity index is 320. The molecule has 0 fully saturated rings. The molecule has 3 nitrogen and oxygen atoms in total. The van der Waals surface area contributed by atoms with Gasteiger partial charge in [0.05, 0.1) is 11.3 Å². The number of carboxylic acid groups (broad SMARTS) is 1. The van der Waals surface area contributed by atoms with Crippen LogP contribution in [0.15, 0.2) is 12.3 Å². The third kappa shape index (κ3) is 5.52. The van der Waals surface area contributed by atoms with Crippen LogP contribution in [0.4, 0.5) is 0 Å². The zero-order chi connectivity index (χ0) is 11.1. The number of pyridine rings is 1. The Morgan fingerprint density at radius 2 is 2.00 bits per heavy atom. The maximum absolute atomic E-state index is 10.5. The van der Waals surface area contributed by atoms with Gasteiger partial charge in [-0.1, -0.05) is 0 Å². The summed E-state index contributed by atoms with van der Waals surface area (Å²) in [6, 6.07) is 1.62. The van der Waals surface area contributed by atoms with Gasteiger partial charge in [-0.2, -0.15) is 0 Å². The van der Waals surface area contributed by atoms with Crippen LogP contribution < -0.4 is 0 Å². The van der Waals surface area contributed by atoms with Gasteiger partial charge >= 0.3 is 55.4 Å². The summed E-state index contributed by atoms with van der Waals surface area (Å²) in [5, 5.41) is 8.65. The van der Waals surface area contributed by atoms with E-state index in [0.29, 0.717) is 15.2 Å². The minimum absolute atomic E-state index is 0.282. The second-order valence-electron chi connectivity index (χ2n) is 2.51. The number of hydrogen-bond donors (Lipinski definition) is 1. The van der Waals surface area contributed by atoms with Gasteiger partial charge in [0.2, 0.25) is 0 Å².